The van der Waals surface area contributed by atoms with E-state index < -0.39 is 0 Å². The van der Waals surface area contributed by atoms with Crippen molar-refractivity contribution in [1.29, 1.82) is 0 Å². The van der Waals surface area contributed by atoms with Gasteiger partial charge in [0.25, 0.3) is 0 Å². The fourth-order valence-electron chi connectivity index (χ4n) is 1.99. The van der Waals surface area contributed by atoms with Gasteiger partial charge in [-0.2, -0.15) is 0 Å². The molecular formula is C8H13N. The Hall–Kier alpha value is -0.300. The third kappa shape index (κ3) is 0.715. The highest BCUT2D eigenvalue weighted by Crippen LogP contribution is 2.40. The zero-order valence-electron chi connectivity index (χ0n) is 5.59. The standard InChI is InChI=1S/C8H13N/c9-8-5-6-3-1-2-4-7(6)8/h1,3,6-8H,2,4-5,9H2/t6-,7-,8?/m0/s1. The summed E-state index contributed by atoms with van der Waals surface area (Å²) in [6, 6.07) is 0.528. The van der Waals surface area contributed by atoms with Crippen molar-refractivity contribution in [2.45, 2.75) is 25.3 Å². The van der Waals surface area contributed by atoms with Crippen LogP contribution in [0.1, 0.15) is 19.3 Å². The van der Waals surface area contributed by atoms with E-state index in [2.05, 4.69) is 12.2 Å². The second-order valence-corrected chi connectivity index (χ2v) is 3.23. The first-order chi connectivity index (χ1) is 4.38. The Labute approximate surface area is 55.9 Å². The van der Waals surface area contributed by atoms with Crippen LogP contribution < -0.4 is 5.73 Å². The fraction of sp³-hybridized carbons (Fsp3) is 0.750. The molecule has 0 bridgehead atoms. The normalized spacial score (nSPS) is 47.9. The Bertz CT molecular complexity index is 140. The zero-order chi connectivity index (χ0) is 6.27. The molecule has 1 saturated carbocycles. The second-order valence-electron chi connectivity index (χ2n) is 3.23. The first-order valence-electron chi connectivity index (χ1n) is 3.80. The minimum absolute atomic E-state index is 0.528. The number of nitrogens with two attached hydrogens (primary N) is 1. The van der Waals surface area contributed by atoms with Gasteiger partial charge in [-0.3, -0.25) is 0 Å². The van der Waals surface area contributed by atoms with Gasteiger partial charge in [-0.25, -0.2) is 0 Å². The maximum Gasteiger partial charge on any atom is 0.00786 e. The molecule has 0 aromatic carbocycles. The maximum atomic E-state index is 5.80. The van der Waals surface area contributed by atoms with Gasteiger partial charge in [0, 0.05) is 6.04 Å². The van der Waals surface area contributed by atoms with Crippen LogP contribution >= 0.6 is 0 Å². The molecule has 2 aliphatic rings. The Morgan fingerprint density at radius 3 is 2.89 bits per heavy atom. The first-order valence-corrected chi connectivity index (χ1v) is 3.80. The van der Waals surface area contributed by atoms with Crippen molar-refractivity contribution < 1.29 is 0 Å². The van der Waals surface area contributed by atoms with E-state index in [1.54, 1.807) is 0 Å². The van der Waals surface area contributed by atoms with Gasteiger partial charge in [-0.15, -0.1) is 0 Å². The summed E-state index contributed by atoms with van der Waals surface area (Å²) in [6.07, 6.45) is 8.48. The van der Waals surface area contributed by atoms with E-state index in [1.807, 2.05) is 0 Å². The molecule has 2 rings (SSSR count). The van der Waals surface area contributed by atoms with Gasteiger partial charge in [0.15, 0.2) is 0 Å². The van der Waals surface area contributed by atoms with E-state index in [0.717, 1.165) is 11.8 Å². The average molecular weight is 123 g/mol. The van der Waals surface area contributed by atoms with Crippen LogP contribution in [0.25, 0.3) is 0 Å². The molecule has 0 aliphatic heterocycles. The largest absolute Gasteiger partial charge is 0.327 e. The molecule has 3 atom stereocenters. The van der Waals surface area contributed by atoms with E-state index >= 15 is 0 Å². The van der Waals surface area contributed by atoms with Gasteiger partial charge in [0.1, 0.15) is 0 Å². The lowest BCUT2D eigenvalue weighted by atomic mass is 9.65. The molecule has 50 valence electrons. The average Bonchev–Trinajstić information content (AvgIpc) is 1.86. The number of fused-ring (bicyclic) bond motifs is 1. The van der Waals surface area contributed by atoms with E-state index in [9.17, 15) is 0 Å². The van der Waals surface area contributed by atoms with Crippen molar-refractivity contribution in [3.63, 3.8) is 0 Å². The van der Waals surface area contributed by atoms with Crippen LogP contribution in [0, 0.1) is 11.8 Å². The monoisotopic (exact) mass is 123 g/mol. The molecule has 0 spiro atoms. The molecule has 0 saturated heterocycles. The van der Waals surface area contributed by atoms with Crippen LogP contribution in [0.15, 0.2) is 12.2 Å². The molecule has 1 fully saturated rings. The molecular weight excluding hydrogens is 110 g/mol. The molecule has 1 nitrogen and oxygen atoms in total. The Balaban J connectivity index is 2.06. The van der Waals surface area contributed by atoms with Gasteiger partial charge in [-0.05, 0) is 31.1 Å². The van der Waals surface area contributed by atoms with Crippen LogP contribution in [0.4, 0.5) is 0 Å². The highest BCUT2D eigenvalue weighted by molar-refractivity contribution is 5.07. The molecule has 0 amide bonds. The summed E-state index contributed by atoms with van der Waals surface area (Å²) in [5.74, 6) is 1.70. The van der Waals surface area contributed by atoms with Gasteiger partial charge < -0.3 is 5.73 Å². The summed E-state index contributed by atoms with van der Waals surface area (Å²) in [7, 11) is 0. The van der Waals surface area contributed by atoms with Crippen LogP contribution in [0.5, 0.6) is 0 Å². The lowest BCUT2D eigenvalue weighted by Gasteiger charge is -2.43. The van der Waals surface area contributed by atoms with Crippen molar-refractivity contribution in [1.82, 2.24) is 0 Å². The minimum atomic E-state index is 0.528. The van der Waals surface area contributed by atoms with E-state index in [1.165, 1.54) is 19.3 Å². The summed E-state index contributed by atoms with van der Waals surface area (Å²) in [6.45, 7) is 0. The smallest absolute Gasteiger partial charge is 0.00786 e. The Kier molecular flexibility index (Phi) is 1.12. The SMILES string of the molecule is NC1C[C@@H]2C=CCC[C@H]12. The summed E-state index contributed by atoms with van der Waals surface area (Å²) in [5.41, 5.74) is 5.80. The van der Waals surface area contributed by atoms with Crippen LogP contribution in [-0.2, 0) is 0 Å². The van der Waals surface area contributed by atoms with Crippen LogP contribution in [0.2, 0.25) is 0 Å². The zero-order valence-corrected chi connectivity index (χ0v) is 5.59. The maximum absolute atomic E-state index is 5.80. The van der Waals surface area contributed by atoms with Crippen molar-refractivity contribution >= 4 is 0 Å². The van der Waals surface area contributed by atoms with Crippen molar-refractivity contribution in [2.75, 3.05) is 0 Å². The highest BCUT2D eigenvalue weighted by atomic mass is 14.7. The van der Waals surface area contributed by atoms with Crippen molar-refractivity contribution in [2.24, 2.45) is 17.6 Å². The summed E-state index contributed by atoms with van der Waals surface area (Å²) in [4.78, 5) is 0. The van der Waals surface area contributed by atoms with E-state index in [4.69, 9.17) is 5.73 Å². The van der Waals surface area contributed by atoms with Gasteiger partial charge in [0.05, 0.1) is 0 Å². The number of allylic oxidation sites excluding steroid dienone is 2. The third-order valence-electron chi connectivity index (χ3n) is 2.69. The third-order valence-corrected chi connectivity index (χ3v) is 2.69. The quantitative estimate of drug-likeness (QED) is 0.483. The fourth-order valence-corrected chi connectivity index (χ4v) is 1.99. The first kappa shape index (κ1) is 5.48. The highest BCUT2D eigenvalue weighted by Gasteiger charge is 2.37. The molecule has 0 aromatic rings. The van der Waals surface area contributed by atoms with E-state index in [-0.39, 0.29) is 0 Å². The van der Waals surface area contributed by atoms with Crippen molar-refractivity contribution in [3.8, 4) is 0 Å². The molecule has 0 heterocycles. The summed E-state index contributed by atoms with van der Waals surface area (Å²) in [5, 5.41) is 0. The number of hydrogen-bond acceptors (Lipinski definition) is 1. The molecule has 0 aromatic heterocycles. The topological polar surface area (TPSA) is 26.0 Å². The molecule has 0 radical (unpaired) electrons. The molecule has 1 unspecified atom stereocenters. The van der Waals surface area contributed by atoms with Gasteiger partial charge in [0.2, 0.25) is 0 Å². The molecule has 9 heavy (non-hydrogen) atoms. The van der Waals surface area contributed by atoms with E-state index in [0.29, 0.717) is 6.04 Å². The lowest BCUT2D eigenvalue weighted by Crippen LogP contribution is -2.47. The summed E-state index contributed by atoms with van der Waals surface area (Å²) < 4.78 is 0. The van der Waals surface area contributed by atoms with Gasteiger partial charge >= 0.3 is 0 Å². The predicted molar refractivity (Wildman–Crippen MR) is 37.9 cm³/mol. The Morgan fingerprint density at radius 2 is 2.33 bits per heavy atom. The molecule has 2 aliphatic carbocycles. The van der Waals surface area contributed by atoms with Crippen LogP contribution in [0.3, 0.4) is 0 Å². The number of rotatable bonds is 0. The Morgan fingerprint density at radius 1 is 1.44 bits per heavy atom. The molecule has 1 heteroatoms. The van der Waals surface area contributed by atoms with Crippen LogP contribution in [-0.4, -0.2) is 6.04 Å². The second kappa shape index (κ2) is 1.84. The molecule has 2 N–H and O–H groups in total. The minimum Gasteiger partial charge on any atom is -0.327 e. The predicted octanol–water partition coefficient (Wildman–Crippen LogP) is 1.30. The summed E-state index contributed by atoms with van der Waals surface area (Å²) >= 11 is 0. The van der Waals surface area contributed by atoms with Gasteiger partial charge in [-0.1, -0.05) is 12.2 Å². The van der Waals surface area contributed by atoms with Crippen molar-refractivity contribution in [3.05, 3.63) is 12.2 Å². The number of hydrogen-bond donors (Lipinski definition) is 1. The lowest BCUT2D eigenvalue weighted by molar-refractivity contribution is 0.160.